The molecule has 0 spiro atoms. The van der Waals surface area contributed by atoms with Crippen molar-refractivity contribution in [2.75, 3.05) is 26.8 Å². The lowest BCUT2D eigenvalue weighted by molar-refractivity contribution is 0.171. The van der Waals surface area contributed by atoms with E-state index in [0.717, 1.165) is 30.5 Å². The molecule has 0 fully saturated rings. The maximum Gasteiger partial charge on any atom is 0.191 e. The molecule has 1 aromatic heterocycles. The van der Waals surface area contributed by atoms with Crippen LogP contribution in [0.5, 0.6) is 11.5 Å². The monoisotopic (exact) mass is 373 g/mol. The normalized spacial score (nSPS) is 14.2. The van der Waals surface area contributed by atoms with Crippen LogP contribution >= 0.6 is 11.3 Å². The fourth-order valence-electron chi connectivity index (χ4n) is 2.84. The molecule has 1 aliphatic rings. The molecule has 0 atom stereocenters. The summed E-state index contributed by atoms with van der Waals surface area (Å²) in [6.45, 7) is 9.32. The molecule has 0 aliphatic carbocycles. The SMILES string of the molecule is CN=C(NCc1sccc1C)NCC(C)(C)c1ccc2c(c1)OCCO2. The third-order valence-corrected chi connectivity index (χ3v) is 5.65. The van der Waals surface area contributed by atoms with E-state index in [2.05, 4.69) is 60.0 Å². The summed E-state index contributed by atoms with van der Waals surface area (Å²) < 4.78 is 11.3. The summed E-state index contributed by atoms with van der Waals surface area (Å²) >= 11 is 1.76. The fraction of sp³-hybridized carbons (Fsp3) is 0.450. The number of guanidine groups is 1. The summed E-state index contributed by atoms with van der Waals surface area (Å²) in [6.07, 6.45) is 0. The highest BCUT2D eigenvalue weighted by molar-refractivity contribution is 7.10. The van der Waals surface area contributed by atoms with Crippen LogP contribution in [-0.2, 0) is 12.0 Å². The Bertz CT molecular complexity index is 783. The van der Waals surface area contributed by atoms with Gasteiger partial charge in [0.1, 0.15) is 13.2 Å². The van der Waals surface area contributed by atoms with Gasteiger partial charge in [0.25, 0.3) is 0 Å². The van der Waals surface area contributed by atoms with Crippen LogP contribution in [0.25, 0.3) is 0 Å². The smallest absolute Gasteiger partial charge is 0.191 e. The number of aliphatic imine (C=N–C) groups is 1. The molecular weight excluding hydrogens is 346 g/mol. The van der Waals surface area contributed by atoms with Crippen molar-refractivity contribution in [3.8, 4) is 11.5 Å². The van der Waals surface area contributed by atoms with Crippen LogP contribution in [0.4, 0.5) is 0 Å². The minimum Gasteiger partial charge on any atom is -0.486 e. The molecule has 0 saturated carbocycles. The lowest BCUT2D eigenvalue weighted by Crippen LogP contribution is -2.43. The van der Waals surface area contributed by atoms with Crippen LogP contribution < -0.4 is 20.1 Å². The average molecular weight is 374 g/mol. The summed E-state index contributed by atoms with van der Waals surface area (Å²) in [6, 6.07) is 8.34. The molecule has 2 heterocycles. The van der Waals surface area contributed by atoms with E-state index in [1.54, 1.807) is 18.4 Å². The van der Waals surface area contributed by atoms with Crippen molar-refractivity contribution >= 4 is 17.3 Å². The number of nitrogens with zero attached hydrogens (tertiary/aromatic N) is 1. The van der Waals surface area contributed by atoms with Gasteiger partial charge in [0.2, 0.25) is 0 Å². The van der Waals surface area contributed by atoms with Crippen molar-refractivity contribution in [1.82, 2.24) is 10.6 Å². The number of aryl methyl sites for hydroxylation is 1. The number of thiophene rings is 1. The highest BCUT2D eigenvalue weighted by Gasteiger charge is 2.23. The molecule has 2 aromatic rings. The highest BCUT2D eigenvalue weighted by atomic mass is 32.1. The van der Waals surface area contributed by atoms with Crippen molar-refractivity contribution < 1.29 is 9.47 Å². The Morgan fingerprint density at radius 2 is 1.92 bits per heavy atom. The van der Waals surface area contributed by atoms with Crippen LogP contribution in [-0.4, -0.2) is 32.8 Å². The van der Waals surface area contributed by atoms with Crippen LogP contribution in [0.15, 0.2) is 34.6 Å². The predicted molar refractivity (Wildman–Crippen MR) is 108 cm³/mol. The van der Waals surface area contributed by atoms with Crippen molar-refractivity contribution in [2.45, 2.75) is 32.7 Å². The molecule has 0 bridgehead atoms. The molecular formula is C20H27N3O2S. The van der Waals surface area contributed by atoms with Crippen LogP contribution in [0, 0.1) is 6.92 Å². The maximum absolute atomic E-state index is 5.72. The minimum absolute atomic E-state index is 0.0771. The van der Waals surface area contributed by atoms with Crippen LogP contribution in [0.2, 0.25) is 0 Å². The van der Waals surface area contributed by atoms with E-state index in [9.17, 15) is 0 Å². The van der Waals surface area contributed by atoms with Crippen LogP contribution in [0.1, 0.15) is 29.9 Å². The average Bonchev–Trinajstić information content (AvgIpc) is 3.06. The summed E-state index contributed by atoms with van der Waals surface area (Å²) in [7, 11) is 1.80. The zero-order valence-electron chi connectivity index (χ0n) is 15.9. The van der Waals surface area contributed by atoms with Gasteiger partial charge in [-0.25, -0.2) is 0 Å². The Kier molecular flexibility index (Phi) is 5.71. The van der Waals surface area contributed by atoms with Gasteiger partial charge in [-0.2, -0.15) is 0 Å². The van der Waals surface area contributed by atoms with E-state index >= 15 is 0 Å². The summed E-state index contributed by atoms with van der Waals surface area (Å²) in [5.74, 6) is 2.47. The van der Waals surface area contributed by atoms with E-state index in [1.165, 1.54) is 16.0 Å². The summed E-state index contributed by atoms with van der Waals surface area (Å²) in [5, 5.41) is 8.95. The molecule has 2 N–H and O–H groups in total. The first-order valence-electron chi connectivity index (χ1n) is 8.87. The fourth-order valence-corrected chi connectivity index (χ4v) is 3.69. The second-order valence-corrected chi connectivity index (χ2v) is 8.05. The molecule has 1 aromatic carbocycles. The zero-order valence-corrected chi connectivity index (χ0v) is 16.7. The number of fused-ring (bicyclic) bond motifs is 1. The number of nitrogens with one attached hydrogen (secondary N) is 2. The predicted octanol–water partition coefficient (Wildman–Crippen LogP) is 3.47. The quantitative estimate of drug-likeness (QED) is 0.622. The number of hydrogen-bond acceptors (Lipinski definition) is 4. The molecule has 0 radical (unpaired) electrons. The first-order chi connectivity index (χ1) is 12.5. The van der Waals surface area contributed by atoms with Gasteiger partial charge in [0.15, 0.2) is 17.5 Å². The maximum atomic E-state index is 5.72. The van der Waals surface area contributed by atoms with E-state index < -0.39 is 0 Å². The molecule has 6 heteroatoms. The lowest BCUT2D eigenvalue weighted by atomic mass is 9.84. The Morgan fingerprint density at radius 1 is 1.15 bits per heavy atom. The van der Waals surface area contributed by atoms with Crippen LogP contribution in [0.3, 0.4) is 0 Å². The van der Waals surface area contributed by atoms with E-state index in [0.29, 0.717) is 13.2 Å². The van der Waals surface area contributed by atoms with Gasteiger partial charge >= 0.3 is 0 Å². The zero-order chi connectivity index (χ0) is 18.6. The standard InChI is InChI=1S/C20H27N3O2S/c1-14-7-10-26-18(14)12-22-19(21-4)23-13-20(2,3)15-5-6-16-17(11-15)25-9-8-24-16/h5-7,10-11H,8-9,12-13H2,1-4H3,(H2,21,22,23). The first kappa shape index (κ1) is 18.6. The van der Waals surface area contributed by atoms with E-state index in [4.69, 9.17) is 9.47 Å². The van der Waals surface area contributed by atoms with Gasteiger partial charge < -0.3 is 20.1 Å². The Morgan fingerprint density at radius 3 is 2.62 bits per heavy atom. The molecule has 0 unspecified atom stereocenters. The van der Waals surface area contributed by atoms with Crippen molar-refractivity contribution in [2.24, 2.45) is 4.99 Å². The molecule has 5 nitrogen and oxygen atoms in total. The van der Waals surface area contributed by atoms with Crippen molar-refractivity contribution in [3.63, 3.8) is 0 Å². The Labute approximate surface area is 159 Å². The summed E-state index contributed by atoms with van der Waals surface area (Å²) in [4.78, 5) is 5.67. The Hall–Kier alpha value is -2.21. The van der Waals surface area contributed by atoms with Gasteiger partial charge in [-0.05, 0) is 41.6 Å². The van der Waals surface area contributed by atoms with Gasteiger partial charge in [-0.15, -0.1) is 11.3 Å². The van der Waals surface area contributed by atoms with E-state index in [1.807, 2.05) is 6.07 Å². The second-order valence-electron chi connectivity index (χ2n) is 7.05. The van der Waals surface area contributed by atoms with E-state index in [-0.39, 0.29) is 5.41 Å². The largest absolute Gasteiger partial charge is 0.486 e. The molecule has 3 rings (SSSR count). The first-order valence-corrected chi connectivity index (χ1v) is 9.75. The molecule has 26 heavy (non-hydrogen) atoms. The van der Waals surface area contributed by atoms with Crippen molar-refractivity contribution in [3.05, 3.63) is 45.6 Å². The number of rotatable bonds is 5. The highest BCUT2D eigenvalue weighted by Crippen LogP contribution is 2.34. The van der Waals surface area contributed by atoms with Gasteiger partial charge in [0.05, 0.1) is 6.54 Å². The number of benzene rings is 1. The third-order valence-electron chi connectivity index (χ3n) is 4.63. The van der Waals surface area contributed by atoms with Gasteiger partial charge in [-0.3, -0.25) is 4.99 Å². The molecule has 1 aliphatic heterocycles. The Balaban J connectivity index is 1.60. The molecule has 0 saturated heterocycles. The van der Waals surface area contributed by atoms with Gasteiger partial charge in [-0.1, -0.05) is 19.9 Å². The third kappa shape index (κ3) is 4.30. The minimum atomic E-state index is -0.0771. The van der Waals surface area contributed by atoms with Gasteiger partial charge in [0, 0.05) is 23.9 Å². The summed E-state index contributed by atoms with van der Waals surface area (Å²) in [5.41, 5.74) is 2.44. The molecule has 0 amide bonds. The number of hydrogen-bond donors (Lipinski definition) is 2. The van der Waals surface area contributed by atoms with Crippen molar-refractivity contribution in [1.29, 1.82) is 0 Å². The number of ether oxygens (including phenoxy) is 2. The topological polar surface area (TPSA) is 54.9 Å². The second kappa shape index (κ2) is 7.99. The lowest BCUT2D eigenvalue weighted by Gasteiger charge is -2.28. The molecule has 140 valence electrons.